The van der Waals surface area contributed by atoms with E-state index in [0.717, 1.165) is 11.3 Å². The molecule has 29 heavy (non-hydrogen) atoms. The molecule has 0 bridgehead atoms. The molecule has 3 aromatic rings. The van der Waals surface area contributed by atoms with E-state index in [9.17, 15) is 14.9 Å². The summed E-state index contributed by atoms with van der Waals surface area (Å²) in [5, 5.41) is 14.4. The molecular weight excluding hydrogens is 388 g/mol. The van der Waals surface area contributed by atoms with Crippen LogP contribution in [0.2, 0.25) is 0 Å². The lowest BCUT2D eigenvalue weighted by atomic mass is 10.1. The fourth-order valence-corrected chi connectivity index (χ4v) is 3.51. The summed E-state index contributed by atoms with van der Waals surface area (Å²) in [5.41, 5.74) is 3.35. The summed E-state index contributed by atoms with van der Waals surface area (Å²) in [6.45, 7) is 1.78. The molecule has 0 aliphatic rings. The molecule has 2 aromatic carbocycles. The zero-order chi connectivity index (χ0) is 21.0. The Balaban J connectivity index is 1.70. The lowest BCUT2D eigenvalue weighted by Crippen LogP contribution is -2.07. The van der Waals surface area contributed by atoms with Crippen LogP contribution in [0.25, 0.3) is 6.08 Å². The van der Waals surface area contributed by atoms with Gasteiger partial charge in [0, 0.05) is 37.6 Å². The van der Waals surface area contributed by atoms with Crippen molar-refractivity contribution >= 4 is 45.4 Å². The third kappa shape index (κ3) is 5.05. The maximum atomic E-state index is 12.6. The monoisotopic (exact) mass is 408 g/mol. The maximum absolute atomic E-state index is 12.6. The van der Waals surface area contributed by atoms with E-state index in [4.69, 9.17) is 0 Å². The molecule has 0 atom stereocenters. The number of nitro benzene ring substituents is 1. The fourth-order valence-electron chi connectivity index (χ4n) is 2.60. The number of hydrogen-bond acceptors (Lipinski definition) is 7. The van der Waals surface area contributed by atoms with Gasteiger partial charge in [-0.1, -0.05) is 29.5 Å². The van der Waals surface area contributed by atoms with Crippen LogP contribution >= 0.6 is 11.3 Å². The molecule has 0 saturated carbocycles. The second-order valence-corrected chi connectivity index (χ2v) is 7.55. The van der Waals surface area contributed by atoms with Crippen molar-refractivity contribution in [1.82, 2.24) is 4.98 Å². The van der Waals surface area contributed by atoms with E-state index in [1.54, 1.807) is 31.2 Å². The molecular formula is C21H20N4O3S. The average Bonchev–Trinajstić information content (AvgIpc) is 3.07. The van der Waals surface area contributed by atoms with Gasteiger partial charge in [0.2, 0.25) is 0 Å². The predicted molar refractivity (Wildman–Crippen MR) is 117 cm³/mol. The van der Waals surface area contributed by atoms with Crippen LogP contribution < -0.4 is 10.2 Å². The number of anilines is 3. The molecule has 1 aromatic heterocycles. The molecule has 0 amide bonds. The highest BCUT2D eigenvalue weighted by Crippen LogP contribution is 2.27. The quantitative estimate of drug-likeness (QED) is 0.254. The first-order valence-corrected chi connectivity index (χ1v) is 9.64. The molecule has 0 saturated heterocycles. The number of thiazole rings is 1. The van der Waals surface area contributed by atoms with E-state index in [-0.39, 0.29) is 11.5 Å². The van der Waals surface area contributed by atoms with Gasteiger partial charge in [0.25, 0.3) is 5.69 Å². The number of nitrogens with one attached hydrogen (secondary N) is 1. The smallest absolute Gasteiger partial charge is 0.269 e. The van der Waals surface area contributed by atoms with Gasteiger partial charge in [-0.25, -0.2) is 4.98 Å². The molecule has 0 unspecified atom stereocenters. The number of non-ortho nitro benzene ring substituents is 1. The summed E-state index contributed by atoms with van der Waals surface area (Å²) in [6, 6.07) is 13.9. The second-order valence-electron chi connectivity index (χ2n) is 6.55. The molecule has 0 radical (unpaired) electrons. The number of carbonyl (C=O) groups excluding carboxylic acids is 1. The lowest BCUT2D eigenvalue weighted by molar-refractivity contribution is -0.384. The minimum Gasteiger partial charge on any atom is -0.378 e. The Morgan fingerprint density at radius 2 is 1.79 bits per heavy atom. The number of aryl methyl sites for hydroxylation is 1. The van der Waals surface area contributed by atoms with Crippen molar-refractivity contribution in [2.75, 3.05) is 24.3 Å². The molecule has 7 nitrogen and oxygen atoms in total. The molecule has 0 fully saturated rings. The van der Waals surface area contributed by atoms with Gasteiger partial charge >= 0.3 is 0 Å². The van der Waals surface area contributed by atoms with Crippen molar-refractivity contribution in [2.24, 2.45) is 0 Å². The third-order valence-electron chi connectivity index (χ3n) is 4.19. The lowest BCUT2D eigenvalue weighted by Gasteiger charge is -2.11. The van der Waals surface area contributed by atoms with Gasteiger partial charge in [-0.2, -0.15) is 0 Å². The molecule has 148 valence electrons. The molecule has 8 heteroatoms. The van der Waals surface area contributed by atoms with Gasteiger partial charge in [0.15, 0.2) is 10.9 Å². The number of aromatic nitrogens is 1. The Morgan fingerprint density at radius 3 is 2.38 bits per heavy atom. The van der Waals surface area contributed by atoms with Crippen molar-refractivity contribution in [2.45, 2.75) is 6.92 Å². The number of benzene rings is 2. The highest BCUT2D eigenvalue weighted by molar-refractivity contribution is 7.17. The summed E-state index contributed by atoms with van der Waals surface area (Å²) in [5.74, 6) is -0.117. The van der Waals surface area contributed by atoms with Crippen molar-refractivity contribution in [1.29, 1.82) is 0 Å². The maximum Gasteiger partial charge on any atom is 0.269 e. The normalized spacial score (nSPS) is 10.9. The van der Waals surface area contributed by atoms with Crippen LogP contribution in [0.1, 0.15) is 20.9 Å². The third-order valence-corrected chi connectivity index (χ3v) is 5.27. The van der Waals surface area contributed by atoms with Crippen LogP contribution in [0.5, 0.6) is 0 Å². The Kier molecular flexibility index (Phi) is 6.04. The molecule has 0 spiro atoms. The van der Waals surface area contributed by atoms with E-state index < -0.39 is 4.92 Å². The van der Waals surface area contributed by atoms with E-state index in [2.05, 4.69) is 10.3 Å². The van der Waals surface area contributed by atoms with Crippen LogP contribution in [-0.4, -0.2) is 29.8 Å². The molecule has 3 rings (SSSR count). The predicted octanol–water partition coefficient (Wildman–Crippen LogP) is 5.07. The van der Waals surface area contributed by atoms with E-state index in [1.807, 2.05) is 43.3 Å². The van der Waals surface area contributed by atoms with Gasteiger partial charge in [0.1, 0.15) is 0 Å². The molecule has 0 aliphatic heterocycles. The van der Waals surface area contributed by atoms with Gasteiger partial charge in [-0.3, -0.25) is 14.9 Å². The van der Waals surface area contributed by atoms with Gasteiger partial charge in [-0.05, 0) is 42.8 Å². The number of allylic oxidation sites excluding steroid dienone is 1. The highest BCUT2D eigenvalue weighted by Gasteiger charge is 2.14. The summed E-state index contributed by atoms with van der Waals surface area (Å²) in [6.07, 6.45) is 3.32. The van der Waals surface area contributed by atoms with Crippen molar-refractivity contribution in [3.05, 3.63) is 80.9 Å². The molecule has 1 N–H and O–H groups in total. The summed E-state index contributed by atoms with van der Waals surface area (Å²) in [4.78, 5) is 29.8. The van der Waals surface area contributed by atoms with Crippen LogP contribution in [0, 0.1) is 17.0 Å². The van der Waals surface area contributed by atoms with E-state index in [0.29, 0.717) is 21.4 Å². The first-order valence-electron chi connectivity index (χ1n) is 8.82. The minimum atomic E-state index is -0.450. The van der Waals surface area contributed by atoms with Crippen molar-refractivity contribution in [3.63, 3.8) is 0 Å². The minimum absolute atomic E-state index is 0.0190. The number of carbonyl (C=O) groups is 1. The summed E-state index contributed by atoms with van der Waals surface area (Å²) >= 11 is 1.25. The Morgan fingerprint density at radius 1 is 1.14 bits per heavy atom. The zero-order valence-electron chi connectivity index (χ0n) is 16.2. The topological polar surface area (TPSA) is 88.4 Å². The standard InChI is InChI=1S/C21H20N4O3S/c1-14-20(19(26)13-6-15-4-9-17(10-5-15)24(2)3)29-21(22-14)23-16-7-11-18(12-8-16)25(27)28/h4-13H,1-3H3,(H,22,23)/b13-6+. The fraction of sp³-hybridized carbons (Fsp3) is 0.143. The number of nitro groups is 1. The van der Waals surface area contributed by atoms with E-state index >= 15 is 0 Å². The van der Waals surface area contributed by atoms with Crippen LogP contribution in [-0.2, 0) is 0 Å². The second kappa shape index (κ2) is 8.66. The Bertz CT molecular complexity index is 1050. The number of rotatable bonds is 7. The van der Waals surface area contributed by atoms with Crippen LogP contribution in [0.15, 0.2) is 54.6 Å². The van der Waals surface area contributed by atoms with E-state index in [1.165, 1.54) is 23.5 Å². The zero-order valence-corrected chi connectivity index (χ0v) is 17.1. The van der Waals surface area contributed by atoms with Gasteiger partial charge in [0.05, 0.1) is 15.5 Å². The van der Waals surface area contributed by atoms with Crippen LogP contribution in [0.4, 0.5) is 22.2 Å². The summed E-state index contributed by atoms with van der Waals surface area (Å²) < 4.78 is 0. The molecule has 0 aliphatic carbocycles. The average molecular weight is 408 g/mol. The van der Waals surface area contributed by atoms with Gasteiger partial charge < -0.3 is 10.2 Å². The molecule has 1 heterocycles. The first-order chi connectivity index (χ1) is 13.8. The Hall–Kier alpha value is -3.52. The SMILES string of the molecule is Cc1nc(Nc2ccc([N+](=O)[O-])cc2)sc1C(=O)/C=C/c1ccc(N(C)C)cc1. The summed E-state index contributed by atoms with van der Waals surface area (Å²) in [7, 11) is 3.95. The van der Waals surface area contributed by atoms with Crippen molar-refractivity contribution in [3.8, 4) is 0 Å². The number of nitrogens with zero attached hydrogens (tertiary/aromatic N) is 3. The Labute approximate surface area is 172 Å². The number of hydrogen-bond donors (Lipinski definition) is 1. The first kappa shape index (κ1) is 20.2. The number of ketones is 1. The largest absolute Gasteiger partial charge is 0.378 e. The highest BCUT2D eigenvalue weighted by atomic mass is 32.1. The van der Waals surface area contributed by atoms with Crippen LogP contribution in [0.3, 0.4) is 0 Å². The van der Waals surface area contributed by atoms with Crippen molar-refractivity contribution < 1.29 is 9.72 Å². The van der Waals surface area contributed by atoms with Gasteiger partial charge in [-0.15, -0.1) is 0 Å².